The van der Waals surface area contributed by atoms with Crippen molar-refractivity contribution < 1.29 is 14.6 Å². The van der Waals surface area contributed by atoms with E-state index in [0.717, 1.165) is 32.1 Å². The molecule has 0 radical (unpaired) electrons. The summed E-state index contributed by atoms with van der Waals surface area (Å²) >= 11 is 0. The molecule has 0 aliphatic heterocycles. The number of aliphatic hydroxyl groups excluding tert-OH is 1. The number of rotatable bonds is 3. The third-order valence-corrected chi connectivity index (χ3v) is 3.87. The van der Waals surface area contributed by atoms with Crippen molar-refractivity contribution in [2.24, 2.45) is 0 Å². The Morgan fingerprint density at radius 3 is 2.85 bits per heavy atom. The van der Waals surface area contributed by atoms with Gasteiger partial charge in [0, 0.05) is 0 Å². The third kappa shape index (κ3) is 2.80. The topological polar surface area (TPSA) is 90.4 Å². The van der Waals surface area contributed by atoms with E-state index < -0.39 is 12.1 Å². The molecule has 2 rings (SSSR count). The summed E-state index contributed by atoms with van der Waals surface area (Å²) < 4.78 is 6.75. The highest BCUT2D eigenvalue weighted by Gasteiger charge is 2.29. The van der Waals surface area contributed by atoms with Crippen molar-refractivity contribution in [2.45, 2.75) is 58.1 Å². The van der Waals surface area contributed by atoms with E-state index in [4.69, 9.17) is 10.5 Å². The Labute approximate surface area is 118 Å². The Morgan fingerprint density at radius 1 is 1.45 bits per heavy atom. The van der Waals surface area contributed by atoms with E-state index in [1.54, 1.807) is 18.4 Å². The summed E-state index contributed by atoms with van der Waals surface area (Å²) in [4.78, 5) is 16.0. The Bertz CT molecular complexity index is 484. The van der Waals surface area contributed by atoms with E-state index in [2.05, 4.69) is 4.98 Å². The van der Waals surface area contributed by atoms with Crippen LogP contribution >= 0.6 is 0 Å². The van der Waals surface area contributed by atoms with Crippen LogP contribution in [0.4, 0.5) is 5.82 Å². The van der Waals surface area contributed by atoms with Gasteiger partial charge in [-0.15, -0.1) is 0 Å². The number of carbonyl (C=O) groups excluding carboxylic acids is 1. The number of nitrogen functional groups attached to an aromatic ring is 1. The first-order valence-corrected chi connectivity index (χ1v) is 7.25. The van der Waals surface area contributed by atoms with Crippen LogP contribution in [0, 0.1) is 6.92 Å². The van der Waals surface area contributed by atoms with Gasteiger partial charge in [0.2, 0.25) is 0 Å². The zero-order valence-corrected chi connectivity index (χ0v) is 12.1. The Morgan fingerprint density at radius 2 is 2.15 bits per heavy atom. The highest BCUT2D eigenvalue weighted by atomic mass is 16.5. The molecule has 1 aromatic heterocycles. The summed E-state index contributed by atoms with van der Waals surface area (Å²) in [6.07, 6.45) is 4.36. The molecule has 1 aromatic rings. The van der Waals surface area contributed by atoms with Crippen molar-refractivity contribution in [1.29, 1.82) is 0 Å². The number of ether oxygens (including phenoxy) is 1. The highest BCUT2D eigenvalue weighted by Crippen LogP contribution is 2.32. The number of aromatic nitrogens is 2. The second-order valence-electron chi connectivity index (χ2n) is 5.26. The predicted octanol–water partition coefficient (Wildman–Crippen LogP) is 1.82. The summed E-state index contributed by atoms with van der Waals surface area (Å²) in [6, 6.07) is -0.104. The molecule has 0 amide bonds. The smallest absolute Gasteiger partial charge is 0.360 e. The van der Waals surface area contributed by atoms with E-state index in [-0.39, 0.29) is 18.3 Å². The van der Waals surface area contributed by atoms with Crippen LogP contribution in [0.5, 0.6) is 0 Å². The van der Waals surface area contributed by atoms with E-state index >= 15 is 0 Å². The molecular formula is C14H23N3O3. The Kier molecular flexibility index (Phi) is 4.65. The van der Waals surface area contributed by atoms with Crippen LogP contribution < -0.4 is 5.73 Å². The van der Waals surface area contributed by atoms with Gasteiger partial charge < -0.3 is 20.1 Å². The number of hydrogen-bond donors (Lipinski definition) is 2. The fourth-order valence-corrected chi connectivity index (χ4v) is 2.90. The van der Waals surface area contributed by atoms with Crippen molar-refractivity contribution in [2.75, 3.05) is 12.3 Å². The van der Waals surface area contributed by atoms with E-state index in [9.17, 15) is 9.90 Å². The number of esters is 1. The molecule has 3 N–H and O–H groups in total. The van der Waals surface area contributed by atoms with Crippen molar-refractivity contribution >= 4 is 11.8 Å². The molecule has 1 aliphatic rings. The molecule has 2 unspecified atom stereocenters. The molecule has 1 aliphatic carbocycles. The number of imidazole rings is 1. The highest BCUT2D eigenvalue weighted by molar-refractivity contribution is 5.92. The van der Waals surface area contributed by atoms with Gasteiger partial charge in [-0.25, -0.2) is 9.78 Å². The Hall–Kier alpha value is -1.56. The molecular weight excluding hydrogens is 258 g/mol. The number of hydrogen-bond acceptors (Lipinski definition) is 5. The lowest BCUT2D eigenvalue weighted by atomic mass is 10.1. The number of nitrogens with zero attached hydrogens (tertiary/aromatic N) is 2. The molecule has 0 saturated heterocycles. The molecule has 2 atom stereocenters. The second kappa shape index (κ2) is 6.26. The van der Waals surface area contributed by atoms with Crippen LogP contribution in [0.1, 0.15) is 61.4 Å². The maximum absolute atomic E-state index is 11.8. The maximum Gasteiger partial charge on any atom is 0.360 e. The summed E-state index contributed by atoms with van der Waals surface area (Å²) in [5, 5.41) is 10.3. The van der Waals surface area contributed by atoms with Crippen molar-refractivity contribution in [1.82, 2.24) is 9.55 Å². The second-order valence-corrected chi connectivity index (χ2v) is 5.26. The first-order valence-electron chi connectivity index (χ1n) is 7.25. The molecule has 0 bridgehead atoms. The van der Waals surface area contributed by atoms with Crippen LogP contribution in [0.15, 0.2) is 0 Å². The number of anilines is 1. The van der Waals surface area contributed by atoms with Crippen LogP contribution in [0.3, 0.4) is 0 Å². The minimum absolute atomic E-state index is 0.104. The monoisotopic (exact) mass is 281 g/mol. The summed E-state index contributed by atoms with van der Waals surface area (Å²) in [5.41, 5.74) is 6.22. The van der Waals surface area contributed by atoms with Crippen LogP contribution in [-0.4, -0.2) is 33.3 Å². The van der Waals surface area contributed by atoms with Crippen LogP contribution in [0.25, 0.3) is 0 Å². The Balaban J connectivity index is 2.33. The maximum atomic E-state index is 11.8. The summed E-state index contributed by atoms with van der Waals surface area (Å²) in [5.74, 6) is 0.443. The van der Waals surface area contributed by atoms with Gasteiger partial charge in [-0.1, -0.05) is 19.3 Å². The molecule has 20 heavy (non-hydrogen) atoms. The number of aliphatic hydroxyl groups is 1. The number of aryl methyl sites for hydroxylation is 1. The molecule has 0 spiro atoms. The molecule has 1 saturated carbocycles. The van der Waals surface area contributed by atoms with Gasteiger partial charge in [0.15, 0.2) is 5.69 Å². The summed E-state index contributed by atoms with van der Waals surface area (Å²) in [7, 11) is 0. The minimum atomic E-state index is -0.505. The van der Waals surface area contributed by atoms with E-state index in [1.165, 1.54) is 0 Å². The van der Waals surface area contributed by atoms with E-state index in [1.807, 2.05) is 0 Å². The normalized spacial score (nSPS) is 23.4. The molecule has 112 valence electrons. The predicted molar refractivity (Wildman–Crippen MR) is 75.5 cm³/mol. The van der Waals surface area contributed by atoms with Crippen molar-refractivity contribution in [3.63, 3.8) is 0 Å². The average Bonchev–Trinajstić information content (AvgIpc) is 2.58. The van der Waals surface area contributed by atoms with Gasteiger partial charge in [-0.05, 0) is 26.7 Å². The lowest BCUT2D eigenvalue weighted by Crippen LogP contribution is -2.25. The van der Waals surface area contributed by atoms with Crippen LogP contribution in [0.2, 0.25) is 0 Å². The standard InChI is InChI=1S/C14H23N3O3/c1-3-20-14(19)12-13(15)17(9(2)16-12)10-7-5-4-6-8-11(10)18/h10-11,18H,3-8,15H2,1-2H3. The van der Waals surface area contributed by atoms with Crippen LogP contribution in [-0.2, 0) is 4.74 Å². The van der Waals surface area contributed by atoms with Gasteiger partial charge >= 0.3 is 5.97 Å². The lowest BCUT2D eigenvalue weighted by Gasteiger charge is -2.24. The van der Waals surface area contributed by atoms with Crippen molar-refractivity contribution in [3.8, 4) is 0 Å². The summed E-state index contributed by atoms with van der Waals surface area (Å²) in [6.45, 7) is 3.83. The van der Waals surface area contributed by atoms with Gasteiger partial charge in [-0.3, -0.25) is 0 Å². The zero-order chi connectivity index (χ0) is 14.7. The lowest BCUT2D eigenvalue weighted by molar-refractivity contribution is 0.0520. The number of nitrogens with two attached hydrogens (primary N) is 1. The molecule has 6 heteroatoms. The fraction of sp³-hybridized carbons (Fsp3) is 0.714. The zero-order valence-electron chi connectivity index (χ0n) is 12.1. The first-order chi connectivity index (χ1) is 9.56. The molecule has 1 fully saturated rings. The van der Waals surface area contributed by atoms with Gasteiger partial charge in [0.25, 0.3) is 0 Å². The van der Waals surface area contributed by atoms with Gasteiger partial charge in [0.1, 0.15) is 11.6 Å². The quantitative estimate of drug-likeness (QED) is 0.651. The largest absolute Gasteiger partial charge is 0.461 e. The minimum Gasteiger partial charge on any atom is -0.461 e. The first kappa shape index (κ1) is 14.8. The third-order valence-electron chi connectivity index (χ3n) is 3.87. The molecule has 0 aromatic carbocycles. The molecule has 1 heterocycles. The average molecular weight is 281 g/mol. The SMILES string of the molecule is CCOC(=O)c1nc(C)n(C2CCCCCC2O)c1N. The van der Waals surface area contributed by atoms with Gasteiger partial charge in [-0.2, -0.15) is 0 Å². The van der Waals surface area contributed by atoms with Gasteiger partial charge in [0.05, 0.1) is 18.8 Å². The van der Waals surface area contributed by atoms with Crippen molar-refractivity contribution in [3.05, 3.63) is 11.5 Å². The van der Waals surface area contributed by atoms with E-state index in [0.29, 0.717) is 11.6 Å². The fourth-order valence-electron chi connectivity index (χ4n) is 2.90. The molecule has 6 nitrogen and oxygen atoms in total. The number of carbonyl (C=O) groups is 1.